The van der Waals surface area contributed by atoms with E-state index in [0.29, 0.717) is 18.0 Å². The summed E-state index contributed by atoms with van der Waals surface area (Å²) < 4.78 is 15.6. The van der Waals surface area contributed by atoms with E-state index in [1.807, 2.05) is 19.2 Å². The van der Waals surface area contributed by atoms with Gasteiger partial charge in [0.2, 0.25) is 0 Å². The molecule has 0 saturated heterocycles. The number of nitrogens with zero attached hydrogens (tertiary/aromatic N) is 4. The van der Waals surface area contributed by atoms with Crippen molar-refractivity contribution in [1.82, 2.24) is 25.4 Å². The van der Waals surface area contributed by atoms with E-state index in [1.165, 1.54) is 6.07 Å². The highest BCUT2D eigenvalue weighted by Gasteiger charge is 2.12. The summed E-state index contributed by atoms with van der Waals surface area (Å²) in [5.74, 6) is 2.17. The van der Waals surface area contributed by atoms with Crippen molar-refractivity contribution >= 4 is 41.7 Å². The minimum atomic E-state index is -0.183. The van der Waals surface area contributed by atoms with Gasteiger partial charge in [-0.3, -0.25) is 0 Å². The maximum absolute atomic E-state index is 13.4. The molecule has 0 bridgehead atoms. The molecule has 0 unspecified atom stereocenters. The average Bonchev–Trinajstić information content (AvgIpc) is 3.06. The predicted octanol–water partition coefficient (Wildman–Crippen LogP) is 4.41. The van der Waals surface area contributed by atoms with Crippen LogP contribution in [0.15, 0.2) is 28.3 Å². The fraction of sp³-hybridized carbons (Fsp3) is 0.571. The summed E-state index contributed by atoms with van der Waals surface area (Å²) in [6.07, 6.45) is 3.84. The molecule has 0 aliphatic rings. The lowest BCUT2D eigenvalue weighted by molar-refractivity contribution is 0.477. The van der Waals surface area contributed by atoms with Crippen molar-refractivity contribution in [2.75, 3.05) is 19.3 Å². The molecule has 0 atom stereocenters. The standard InChI is InChI=1S/C21H33FN6S.HI/c1-6-23-20(25-13-17-9-10-18(22)16(4)12-17)24-11-7-8-19-26-27-21(29-5)28(19)14-15(2)3;/h9-10,12,15H,6-8,11,13-14H2,1-5H3,(H2,23,24,25);1H. The summed E-state index contributed by atoms with van der Waals surface area (Å²) in [4.78, 5) is 4.61. The number of hydrogen-bond donors (Lipinski definition) is 2. The van der Waals surface area contributed by atoms with Gasteiger partial charge in [-0.15, -0.1) is 34.2 Å². The van der Waals surface area contributed by atoms with Crippen molar-refractivity contribution in [3.8, 4) is 0 Å². The van der Waals surface area contributed by atoms with E-state index >= 15 is 0 Å². The first kappa shape index (κ1) is 26.7. The number of nitrogens with one attached hydrogen (secondary N) is 2. The molecule has 0 aliphatic heterocycles. The number of halogens is 2. The Bertz CT molecular complexity index is 809. The number of thioether (sulfide) groups is 1. The third-order valence-electron chi connectivity index (χ3n) is 4.38. The molecule has 0 amide bonds. The second-order valence-electron chi connectivity index (χ2n) is 7.42. The molecule has 30 heavy (non-hydrogen) atoms. The minimum Gasteiger partial charge on any atom is -0.357 e. The number of aromatic nitrogens is 3. The first-order valence-electron chi connectivity index (χ1n) is 10.2. The maximum atomic E-state index is 13.4. The molecule has 0 spiro atoms. The zero-order valence-corrected chi connectivity index (χ0v) is 21.7. The summed E-state index contributed by atoms with van der Waals surface area (Å²) in [7, 11) is 0. The van der Waals surface area contributed by atoms with Gasteiger partial charge in [-0.05, 0) is 49.6 Å². The molecule has 0 radical (unpaired) electrons. The molecule has 9 heteroatoms. The molecule has 1 aromatic carbocycles. The normalized spacial score (nSPS) is 11.5. The van der Waals surface area contributed by atoms with Gasteiger partial charge in [-0.2, -0.15) is 0 Å². The smallest absolute Gasteiger partial charge is 0.191 e. The van der Waals surface area contributed by atoms with E-state index in [4.69, 9.17) is 0 Å². The Labute approximate surface area is 200 Å². The quantitative estimate of drug-likeness (QED) is 0.151. The third kappa shape index (κ3) is 8.41. The predicted molar refractivity (Wildman–Crippen MR) is 134 cm³/mol. The van der Waals surface area contributed by atoms with Gasteiger partial charge in [0.15, 0.2) is 11.1 Å². The van der Waals surface area contributed by atoms with E-state index in [0.717, 1.165) is 55.0 Å². The number of rotatable bonds is 10. The summed E-state index contributed by atoms with van der Waals surface area (Å²) in [5, 5.41) is 16.3. The van der Waals surface area contributed by atoms with Crippen LogP contribution in [0.5, 0.6) is 0 Å². The third-order valence-corrected chi connectivity index (χ3v) is 5.05. The first-order chi connectivity index (χ1) is 13.9. The monoisotopic (exact) mass is 548 g/mol. The number of benzene rings is 1. The molecule has 6 nitrogen and oxygen atoms in total. The van der Waals surface area contributed by atoms with Crippen molar-refractivity contribution in [2.45, 2.75) is 58.8 Å². The van der Waals surface area contributed by atoms with Gasteiger partial charge in [0.1, 0.15) is 11.6 Å². The van der Waals surface area contributed by atoms with Gasteiger partial charge in [-0.1, -0.05) is 37.7 Å². The molecule has 1 aromatic heterocycles. The van der Waals surface area contributed by atoms with Crippen LogP contribution < -0.4 is 10.6 Å². The topological polar surface area (TPSA) is 67.1 Å². The van der Waals surface area contributed by atoms with E-state index in [1.54, 1.807) is 24.8 Å². The molecule has 168 valence electrons. The second kappa shape index (κ2) is 13.8. The van der Waals surface area contributed by atoms with Crippen LogP contribution in [0.4, 0.5) is 4.39 Å². The van der Waals surface area contributed by atoms with E-state index in [-0.39, 0.29) is 29.8 Å². The largest absolute Gasteiger partial charge is 0.357 e. The van der Waals surface area contributed by atoms with Crippen LogP contribution in [0.25, 0.3) is 0 Å². The number of aliphatic imine (C=N–C) groups is 1. The van der Waals surface area contributed by atoms with E-state index < -0.39 is 0 Å². The summed E-state index contributed by atoms with van der Waals surface area (Å²) in [5.41, 5.74) is 1.64. The Balaban J connectivity index is 0.00000450. The van der Waals surface area contributed by atoms with Crippen molar-refractivity contribution in [3.05, 3.63) is 41.0 Å². The molecular weight excluding hydrogens is 514 g/mol. The maximum Gasteiger partial charge on any atom is 0.191 e. The highest BCUT2D eigenvalue weighted by atomic mass is 127. The van der Waals surface area contributed by atoms with Gasteiger partial charge >= 0.3 is 0 Å². The average molecular weight is 549 g/mol. The molecule has 0 aliphatic carbocycles. The number of guanidine groups is 1. The molecule has 1 heterocycles. The van der Waals surface area contributed by atoms with Crippen LogP contribution in [0.3, 0.4) is 0 Å². The molecule has 0 fully saturated rings. The molecular formula is C21H34FIN6S. The fourth-order valence-corrected chi connectivity index (χ4v) is 3.50. The SMILES string of the molecule is CCNC(=NCc1ccc(F)c(C)c1)NCCCc1nnc(SC)n1CC(C)C.I. The van der Waals surface area contributed by atoms with Crippen LogP contribution in [0, 0.1) is 18.7 Å². The lowest BCUT2D eigenvalue weighted by Gasteiger charge is -2.13. The van der Waals surface area contributed by atoms with Crippen LogP contribution in [-0.4, -0.2) is 40.1 Å². The molecule has 2 N–H and O–H groups in total. The zero-order valence-electron chi connectivity index (χ0n) is 18.5. The van der Waals surface area contributed by atoms with Crippen LogP contribution in [0.1, 0.15) is 44.1 Å². The zero-order chi connectivity index (χ0) is 21.2. The van der Waals surface area contributed by atoms with E-state index in [2.05, 4.69) is 44.2 Å². The fourth-order valence-electron chi connectivity index (χ4n) is 2.97. The lowest BCUT2D eigenvalue weighted by Crippen LogP contribution is -2.37. The highest BCUT2D eigenvalue weighted by Crippen LogP contribution is 2.16. The van der Waals surface area contributed by atoms with Crippen molar-refractivity contribution in [2.24, 2.45) is 10.9 Å². The summed E-state index contributed by atoms with van der Waals surface area (Å²) in [6.45, 7) is 11.2. The van der Waals surface area contributed by atoms with E-state index in [9.17, 15) is 4.39 Å². The van der Waals surface area contributed by atoms with Crippen molar-refractivity contribution in [1.29, 1.82) is 0 Å². The Morgan fingerprint density at radius 3 is 2.67 bits per heavy atom. The van der Waals surface area contributed by atoms with Gasteiger partial charge in [0.05, 0.1) is 6.54 Å². The first-order valence-corrected chi connectivity index (χ1v) is 11.4. The Morgan fingerprint density at radius 1 is 1.27 bits per heavy atom. The van der Waals surface area contributed by atoms with Crippen molar-refractivity contribution < 1.29 is 4.39 Å². The number of hydrogen-bond acceptors (Lipinski definition) is 4. The minimum absolute atomic E-state index is 0. The van der Waals surface area contributed by atoms with Gasteiger partial charge in [0, 0.05) is 26.1 Å². The van der Waals surface area contributed by atoms with Crippen LogP contribution in [-0.2, 0) is 19.5 Å². The van der Waals surface area contributed by atoms with Crippen LogP contribution in [0.2, 0.25) is 0 Å². The van der Waals surface area contributed by atoms with Gasteiger partial charge < -0.3 is 15.2 Å². The van der Waals surface area contributed by atoms with Gasteiger partial charge in [-0.25, -0.2) is 9.38 Å². The second-order valence-corrected chi connectivity index (χ2v) is 8.19. The summed E-state index contributed by atoms with van der Waals surface area (Å²) >= 11 is 1.64. The molecule has 2 aromatic rings. The Hall–Kier alpha value is -1.36. The number of aryl methyl sites for hydroxylation is 2. The summed E-state index contributed by atoms with van der Waals surface area (Å²) in [6, 6.07) is 5.12. The Morgan fingerprint density at radius 2 is 2.03 bits per heavy atom. The highest BCUT2D eigenvalue weighted by molar-refractivity contribution is 14.0. The van der Waals surface area contributed by atoms with Gasteiger partial charge in [0.25, 0.3) is 0 Å². The van der Waals surface area contributed by atoms with Crippen molar-refractivity contribution in [3.63, 3.8) is 0 Å². The lowest BCUT2D eigenvalue weighted by atomic mass is 10.1. The molecule has 2 rings (SSSR count). The van der Waals surface area contributed by atoms with Crippen LogP contribution >= 0.6 is 35.7 Å². The Kier molecular flexibility index (Phi) is 12.3. The molecule has 0 saturated carbocycles.